The van der Waals surface area contributed by atoms with E-state index in [0.29, 0.717) is 5.92 Å². The molecule has 1 aromatic carbocycles. The highest BCUT2D eigenvalue weighted by Crippen LogP contribution is 2.31. The van der Waals surface area contributed by atoms with Gasteiger partial charge in [-0.1, -0.05) is 6.92 Å². The zero-order chi connectivity index (χ0) is 12.4. The molecule has 1 fully saturated rings. The number of hydrogen-bond donors (Lipinski definition) is 2. The lowest BCUT2D eigenvalue weighted by molar-refractivity contribution is 0.0696. The Morgan fingerprint density at radius 1 is 1.47 bits per heavy atom. The van der Waals surface area contributed by atoms with E-state index >= 15 is 0 Å². The standard InChI is InChI=1S/C13H16FNO2/c1-8-7-15-3-2-12(8)9-4-10(13(16)17)6-11(14)5-9/h4-6,8,12,15H,2-3,7H2,1H3,(H,16,17)/t8-,12-/m0/s1. The topological polar surface area (TPSA) is 49.3 Å². The van der Waals surface area contributed by atoms with Crippen LogP contribution in [0.4, 0.5) is 4.39 Å². The third-order valence-electron chi connectivity index (χ3n) is 3.38. The molecule has 0 spiro atoms. The molecular weight excluding hydrogens is 221 g/mol. The van der Waals surface area contributed by atoms with Crippen molar-refractivity contribution in [2.45, 2.75) is 19.3 Å². The number of piperidine rings is 1. The van der Waals surface area contributed by atoms with Gasteiger partial charge in [0.1, 0.15) is 5.82 Å². The first-order chi connectivity index (χ1) is 8.08. The van der Waals surface area contributed by atoms with Gasteiger partial charge in [0.2, 0.25) is 0 Å². The van der Waals surface area contributed by atoms with Gasteiger partial charge in [-0.3, -0.25) is 0 Å². The van der Waals surface area contributed by atoms with Crippen LogP contribution >= 0.6 is 0 Å². The molecular formula is C13H16FNO2. The Kier molecular flexibility index (Phi) is 3.43. The lowest BCUT2D eigenvalue weighted by atomic mass is 9.82. The first-order valence-electron chi connectivity index (χ1n) is 5.82. The van der Waals surface area contributed by atoms with E-state index in [4.69, 9.17) is 5.11 Å². The zero-order valence-corrected chi connectivity index (χ0v) is 9.74. The Hall–Kier alpha value is -1.42. The molecule has 0 aliphatic carbocycles. The van der Waals surface area contributed by atoms with Gasteiger partial charge < -0.3 is 10.4 Å². The van der Waals surface area contributed by atoms with Gasteiger partial charge in [-0.05, 0) is 55.1 Å². The van der Waals surface area contributed by atoms with E-state index < -0.39 is 11.8 Å². The van der Waals surface area contributed by atoms with Crippen LogP contribution in [0.2, 0.25) is 0 Å². The highest BCUT2D eigenvalue weighted by molar-refractivity contribution is 5.87. The predicted octanol–water partition coefficient (Wildman–Crippen LogP) is 2.24. The maximum atomic E-state index is 13.4. The number of nitrogens with one attached hydrogen (secondary N) is 1. The molecule has 2 atom stereocenters. The fourth-order valence-corrected chi connectivity index (χ4v) is 2.46. The number of hydrogen-bond acceptors (Lipinski definition) is 2. The first kappa shape index (κ1) is 12.0. The minimum absolute atomic E-state index is 0.0331. The second-order valence-electron chi connectivity index (χ2n) is 4.65. The van der Waals surface area contributed by atoms with E-state index in [1.54, 1.807) is 6.07 Å². The molecule has 2 N–H and O–H groups in total. The summed E-state index contributed by atoms with van der Waals surface area (Å²) in [6, 6.07) is 4.12. The van der Waals surface area contributed by atoms with Crippen LogP contribution in [0.25, 0.3) is 0 Å². The van der Waals surface area contributed by atoms with Crippen LogP contribution in [-0.2, 0) is 0 Å². The summed E-state index contributed by atoms with van der Waals surface area (Å²) in [5, 5.41) is 12.2. The molecule has 1 heterocycles. The van der Waals surface area contributed by atoms with E-state index in [0.717, 1.165) is 31.1 Å². The summed E-state index contributed by atoms with van der Waals surface area (Å²) >= 11 is 0. The van der Waals surface area contributed by atoms with Crippen LogP contribution < -0.4 is 5.32 Å². The second-order valence-corrected chi connectivity index (χ2v) is 4.65. The Labute approximate surface area is 99.7 Å². The second kappa shape index (κ2) is 4.84. The molecule has 1 aromatic rings. The number of benzene rings is 1. The number of rotatable bonds is 2. The van der Waals surface area contributed by atoms with E-state index in [9.17, 15) is 9.18 Å². The van der Waals surface area contributed by atoms with E-state index in [-0.39, 0.29) is 11.5 Å². The molecule has 0 bridgehead atoms. The molecule has 17 heavy (non-hydrogen) atoms. The molecule has 2 rings (SSSR count). The first-order valence-corrected chi connectivity index (χ1v) is 5.82. The molecule has 0 radical (unpaired) electrons. The number of halogens is 1. The summed E-state index contributed by atoms with van der Waals surface area (Å²) in [6.45, 7) is 3.89. The van der Waals surface area contributed by atoms with Crippen LogP contribution in [0.1, 0.15) is 35.2 Å². The highest BCUT2D eigenvalue weighted by Gasteiger charge is 2.24. The van der Waals surface area contributed by atoms with Crippen molar-refractivity contribution in [3.8, 4) is 0 Å². The fourth-order valence-electron chi connectivity index (χ4n) is 2.46. The van der Waals surface area contributed by atoms with Gasteiger partial charge in [0.15, 0.2) is 0 Å². The number of carboxylic acids is 1. The van der Waals surface area contributed by atoms with Crippen molar-refractivity contribution < 1.29 is 14.3 Å². The van der Waals surface area contributed by atoms with E-state index in [2.05, 4.69) is 12.2 Å². The minimum atomic E-state index is -1.08. The molecule has 1 aliphatic heterocycles. The molecule has 3 nitrogen and oxygen atoms in total. The van der Waals surface area contributed by atoms with Crippen molar-refractivity contribution in [2.75, 3.05) is 13.1 Å². The third-order valence-corrected chi connectivity index (χ3v) is 3.38. The van der Waals surface area contributed by atoms with Crippen LogP contribution in [0, 0.1) is 11.7 Å². The van der Waals surface area contributed by atoms with Crippen LogP contribution in [0.5, 0.6) is 0 Å². The van der Waals surface area contributed by atoms with Gasteiger partial charge in [-0.2, -0.15) is 0 Å². The largest absolute Gasteiger partial charge is 0.478 e. The minimum Gasteiger partial charge on any atom is -0.478 e. The fraction of sp³-hybridized carbons (Fsp3) is 0.462. The monoisotopic (exact) mass is 237 g/mol. The van der Waals surface area contributed by atoms with Crippen molar-refractivity contribution in [2.24, 2.45) is 5.92 Å². The van der Waals surface area contributed by atoms with Crippen molar-refractivity contribution in [3.05, 3.63) is 35.1 Å². The average Bonchev–Trinajstić information content (AvgIpc) is 2.28. The molecule has 4 heteroatoms. The van der Waals surface area contributed by atoms with E-state index in [1.807, 2.05) is 0 Å². The quantitative estimate of drug-likeness (QED) is 0.829. The normalized spacial score (nSPS) is 24.6. The lowest BCUT2D eigenvalue weighted by Crippen LogP contribution is -2.33. The van der Waals surface area contributed by atoms with Gasteiger partial charge in [-0.15, -0.1) is 0 Å². The Bertz CT molecular complexity index is 433. The van der Waals surface area contributed by atoms with Crippen molar-refractivity contribution in [1.82, 2.24) is 5.32 Å². The maximum absolute atomic E-state index is 13.4. The summed E-state index contributed by atoms with van der Waals surface area (Å²) < 4.78 is 13.4. The lowest BCUT2D eigenvalue weighted by Gasteiger charge is -2.30. The van der Waals surface area contributed by atoms with Gasteiger partial charge in [0, 0.05) is 0 Å². The summed E-state index contributed by atoms with van der Waals surface area (Å²) in [4.78, 5) is 10.9. The number of carbonyl (C=O) groups is 1. The molecule has 92 valence electrons. The van der Waals surface area contributed by atoms with Crippen LogP contribution in [-0.4, -0.2) is 24.2 Å². The van der Waals surface area contributed by atoms with Gasteiger partial charge in [0.25, 0.3) is 0 Å². The molecule has 0 saturated carbocycles. The maximum Gasteiger partial charge on any atom is 0.335 e. The SMILES string of the molecule is C[C@H]1CNCC[C@@H]1c1cc(F)cc(C(=O)O)c1. The van der Waals surface area contributed by atoms with Gasteiger partial charge in [0.05, 0.1) is 5.56 Å². The van der Waals surface area contributed by atoms with Gasteiger partial charge >= 0.3 is 5.97 Å². The zero-order valence-electron chi connectivity index (χ0n) is 9.74. The molecule has 1 aliphatic rings. The number of carboxylic acid groups (broad SMARTS) is 1. The van der Waals surface area contributed by atoms with E-state index in [1.165, 1.54) is 6.07 Å². The predicted molar refractivity (Wildman–Crippen MR) is 62.8 cm³/mol. The highest BCUT2D eigenvalue weighted by atomic mass is 19.1. The Morgan fingerprint density at radius 2 is 2.24 bits per heavy atom. The Morgan fingerprint density at radius 3 is 2.88 bits per heavy atom. The van der Waals surface area contributed by atoms with Crippen molar-refractivity contribution in [3.63, 3.8) is 0 Å². The summed E-state index contributed by atoms with van der Waals surface area (Å²) in [5.41, 5.74) is 0.835. The summed E-state index contributed by atoms with van der Waals surface area (Å²) in [7, 11) is 0. The molecule has 0 aromatic heterocycles. The summed E-state index contributed by atoms with van der Waals surface area (Å²) in [5.74, 6) is -0.907. The number of aromatic carboxylic acids is 1. The third kappa shape index (κ3) is 2.64. The molecule has 1 saturated heterocycles. The van der Waals surface area contributed by atoms with Crippen molar-refractivity contribution in [1.29, 1.82) is 0 Å². The van der Waals surface area contributed by atoms with Gasteiger partial charge in [-0.25, -0.2) is 9.18 Å². The van der Waals surface area contributed by atoms with Crippen LogP contribution in [0.3, 0.4) is 0 Å². The van der Waals surface area contributed by atoms with Crippen LogP contribution in [0.15, 0.2) is 18.2 Å². The van der Waals surface area contributed by atoms with Crippen molar-refractivity contribution >= 4 is 5.97 Å². The summed E-state index contributed by atoms with van der Waals surface area (Å²) in [6.07, 6.45) is 0.920. The molecule has 0 amide bonds. The smallest absolute Gasteiger partial charge is 0.335 e. The molecule has 0 unspecified atom stereocenters. The Balaban J connectivity index is 2.33. The average molecular weight is 237 g/mol.